The molecule has 10 heteroatoms. The van der Waals surface area contributed by atoms with Crippen LogP contribution in [-0.4, -0.2) is 64.4 Å². The van der Waals surface area contributed by atoms with Gasteiger partial charge in [0.1, 0.15) is 29.3 Å². The number of hydrogen-bond donors (Lipinski definition) is 3. The first kappa shape index (κ1) is 38.7. The Hall–Kier alpha value is -3.53. The molecule has 2 aromatic carbocycles. The van der Waals surface area contributed by atoms with Crippen molar-refractivity contribution < 1.29 is 28.7 Å². The van der Waals surface area contributed by atoms with Crippen LogP contribution in [0, 0.1) is 13.8 Å². The summed E-state index contributed by atoms with van der Waals surface area (Å²) < 4.78 is 11.1. The van der Waals surface area contributed by atoms with E-state index in [1.54, 1.807) is 41.5 Å². The lowest BCUT2D eigenvalue weighted by Gasteiger charge is -2.35. The standard InChI is InChI=1S/C36H53N3O6S/c1-10-11-15-18-39(32(41)29(23-46)38-34(43)45-36(7,8)9)30(27-20-24(2)19-25(3)21-27)31(40)37-28(33(42)44-35(4,5)6)22-26-16-13-12-14-17-26/h12-14,16-17,19-21,28-30,46H,10-11,15,18,22-23H2,1-9H3,(H,37,40)(H,38,43). The van der Waals surface area contributed by atoms with Gasteiger partial charge in [0.15, 0.2) is 0 Å². The number of aryl methyl sites for hydroxylation is 2. The van der Waals surface area contributed by atoms with Gasteiger partial charge in [0.05, 0.1) is 0 Å². The van der Waals surface area contributed by atoms with Crippen LogP contribution in [0.2, 0.25) is 0 Å². The molecule has 0 aliphatic carbocycles. The number of nitrogens with one attached hydrogen (secondary N) is 2. The molecule has 0 fully saturated rings. The van der Waals surface area contributed by atoms with Crippen LogP contribution in [0.15, 0.2) is 48.5 Å². The maximum Gasteiger partial charge on any atom is 0.408 e. The molecule has 0 radical (unpaired) electrons. The van der Waals surface area contributed by atoms with Crippen molar-refractivity contribution in [2.24, 2.45) is 0 Å². The number of hydrogen-bond acceptors (Lipinski definition) is 7. The molecular formula is C36H53N3O6S. The topological polar surface area (TPSA) is 114 Å². The number of alkyl carbamates (subject to hydrolysis) is 1. The molecule has 254 valence electrons. The van der Waals surface area contributed by atoms with Gasteiger partial charge in [0, 0.05) is 18.7 Å². The van der Waals surface area contributed by atoms with Crippen molar-refractivity contribution in [3.8, 4) is 0 Å². The number of carbonyl (C=O) groups excluding carboxylic acids is 4. The molecule has 2 aromatic rings. The van der Waals surface area contributed by atoms with Crippen molar-refractivity contribution in [2.45, 2.75) is 117 Å². The van der Waals surface area contributed by atoms with Crippen LogP contribution in [0.5, 0.6) is 0 Å². The molecular weight excluding hydrogens is 602 g/mol. The molecule has 0 heterocycles. The Morgan fingerprint density at radius 3 is 1.93 bits per heavy atom. The number of thiol groups is 1. The van der Waals surface area contributed by atoms with Crippen LogP contribution in [0.1, 0.15) is 96.0 Å². The highest BCUT2D eigenvalue weighted by Crippen LogP contribution is 2.27. The number of nitrogens with zero attached hydrogens (tertiary/aromatic N) is 1. The normalized spacial score (nSPS) is 13.6. The molecule has 2 N–H and O–H groups in total. The van der Waals surface area contributed by atoms with Crippen molar-refractivity contribution in [3.05, 3.63) is 70.8 Å². The molecule has 0 saturated carbocycles. The van der Waals surface area contributed by atoms with Gasteiger partial charge >= 0.3 is 12.1 Å². The second-order valence-electron chi connectivity index (χ2n) is 13.7. The van der Waals surface area contributed by atoms with Gasteiger partial charge in [-0.3, -0.25) is 9.59 Å². The van der Waals surface area contributed by atoms with Gasteiger partial charge in [-0.1, -0.05) is 79.4 Å². The number of amides is 3. The average Bonchev–Trinajstić information content (AvgIpc) is 2.93. The number of carbonyl (C=O) groups is 4. The van der Waals surface area contributed by atoms with Gasteiger partial charge < -0.3 is 25.0 Å². The third-order valence-corrected chi connectivity index (χ3v) is 7.23. The van der Waals surface area contributed by atoms with Crippen molar-refractivity contribution >= 4 is 36.5 Å². The summed E-state index contributed by atoms with van der Waals surface area (Å²) in [6, 6.07) is 11.9. The quantitative estimate of drug-likeness (QED) is 0.126. The molecule has 0 saturated heterocycles. The highest BCUT2D eigenvalue weighted by Gasteiger charge is 2.38. The van der Waals surface area contributed by atoms with E-state index in [-0.39, 0.29) is 18.7 Å². The fourth-order valence-corrected chi connectivity index (χ4v) is 5.29. The Bertz CT molecular complexity index is 1300. The first-order chi connectivity index (χ1) is 21.4. The SMILES string of the molecule is CCCCCN(C(=O)C(CS)NC(=O)OC(C)(C)C)C(C(=O)NC(Cc1ccccc1)C(=O)OC(C)(C)C)c1cc(C)cc(C)c1. The van der Waals surface area contributed by atoms with Crippen LogP contribution >= 0.6 is 12.6 Å². The lowest BCUT2D eigenvalue weighted by atomic mass is 9.97. The van der Waals surface area contributed by atoms with Crippen molar-refractivity contribution in [1.82, 2.24) is 15.5 Å². The molecule has 3 amide bonds. The van der Waals surface area contributed by atoms with E-state index in [9.17, 15) is 19.2 Å². The van der Waals surface area contributed by atoms with E-state index in [0.717, 1.165) is 29.5 Å². The minimum atomic E-state index is -1.11. The Morgan fingerprint density at radius 1 is 0.826 bits per heavy atom. The molecule has 3 atom stereocenters. The molecule has 3 unspecified atom stereocenters. The summed E-state index contributed by atoms with van der Waals surface area (Å²) in [4.78, 5) is 56.5. The lowest BCUT2D eigenvalue weighted by Crippen LogP contribution is -2.55. The van der Waals surface area contributed by atoms with Gasteiger partial charge in [-0.05, 0) is 72.9 Å². The smallest absolute Gasteiger partial charge is 0.408 e. The molecule has 0 spiro atoms. The summed E-state index contributed by atoms with van der Waals surface area (Å²) in [7, 11) is 0. The molecule has 0 bridgehead atoms. The summed E-state index contributed by atoms with van der Waals surface area (Å²) in [6.45, 7) is 16.7. The van der Waals surface area contributed by atoms with Gasteiger partial charge in [-0.15, -0.1) is 0 Å². The Balaban J connectivity index is 2.61. The summed E-state index contributed by atoms with van der Waals surface area (Å²) in [5, 5.41) is 5.59. The number of esters is 1. The predicted molar refractivity (Wildman–Crippen MR) is 185 cm³/mol. The highest BCUT2D eigenvalue weighted by molar-refractivity contribution is 7.80. The van der Waals surface area contributed by atoms with Crippen molar-refractivity contribution in [3.63, 3.8) is 0 Å². The molecule has 0 aliphatic heterocycles. The molecule has 46 heavy (non-hydrogen) atoms. The molecule has 9 nitrogen and oxygen atoms in total. The average molecular weight is 656 g/mol. The van der Waals surface area contributed by atoms with E-state index >= 15 is 0 Å². The zero-order chi connectivity index (χ0) is 34.7. The van der Waals surface area contributed by atoms with Gasteiger partial charge in [-0.2, -0.15) is 12.6 Å². The van der Waals surface area contributed by atoms with Gasteiger partial charge in [-0.25, -0.2) is 9.59 Å². The lowest BCUT2D eigenvalue weighted by molar-refractivity contribution is -0.159. The van der Waals surface area contributed by atoms with Crippen molar-refractivity contribution in [1.29, 1.82) is 0 Å². The molecule has 0 aliphatic rings. The zero-order valence-electron chi connectivity index (χ0n) is 28.9. The number of ether oxygens (including phenoxy) is 2. The highest BCUT2D eigenvalue weighted by atomic mass is 32.1. The van der Waals surface area contributed by atoms with E-state index in [1.807, 2.05) is 62.4 Å². The molecule has 0 aromatic heterocycles. The zero-order valence-corrected chi connectivity index (χ0v) is 29.8. The first-order valence-corrected chi connectivity index (χ1v) is 16.6. The summed E-state index contributed by atoms with van der Waals surface area (Å²) in [5.41, 5.74) is 1.72. The maximum atomic E-state index is 14.5. The van der Waals surface area contributed by atoms with Crippen LogP contribution in [-0.2, 0) is 30.3 Å². The summed E-state index contributed by atoms with van der Waals surface area (Å²) in [5.74, 6) is -1.60. The predicted octanol–water partition coefficient (Wildman–Crippen LogP) is 6.26. The number of benzene rings is 2. The van der Waals surface area contributed by atoms with Gasteiger partial charge in [0.25, 0.3) is 0 Å². The van der Waals surface area contributed by atoms with E-state index in [1.165, 1.54) is 4.90 Å². The van der Waals surface area contributed by atoms with E-state index in [4.69, 9.17) is 9.47 Å². The van der Waals surface area contributed by atoms with Crippen LogP contribution in [0.3, 0.4) is 0 Å². The number of rotatable bonds is 14. The third-order valence-electron chi connectivity index (χ3n) is 6.87. The fourth-order valence-electron chi connectivity index (χ4n) is 5.04. The largest absolute Gasteiger partial charge is 0.458 e. The molecule has 2 rings (SSSR count). The van der Waals surface area contributed by atoms with Crippen LogP contribution < -0.4 is 10.6 Å². The van der Waals surface area contributed by atoms with E-state index in [0.29, 0.717) is 12.0 Å². The second-order valence-corrected chi connectivity index (χ2v) is 14.1. The first-order valence-electron chi connectivity index (χ1n) is 16.0. The fraction of sp³-hybridized carbons (Fsp3) is 0.556. The number of unbranched alkanes of at least 4 members (excludes halogenated alkanes) is 2. The van der Waals surface area contributed by atoms with E-state index in [2.05, 4.69) is 30.2 Å². The van der Waals surface area contributed by atoms with Crippen molar-refractivity contribution in [2.75, 3.05) is 12.3 Å². The van der Waals surface area contributed by atoms with Crippen LogP contribution in [0.4, 0.5) is 4.79 Å². The Labute approximate surface area is 280 Å². The van der Waals surface area contributed by atoms with E-state index < -0.39 is 53.2 Å². The summed E-state index contributed by atoms with van der Waals surface area (Å²) >= 11 is 4.38. The van der Waals surface area contributed by atoms with Crippen LogP contribution in [0.25, 0.3) is 0 Å². The maximum absolute atomic E-state index is 14.5. The monoisotopic (exact) mass is 655 g/mol. The third kappa shape index (κ3) is 13.1. The Morgan fingerprint density at radius 2 is 1.41 bits per heavy atom. The second kappa shape index (κ2) is 17.4. The Kier molecular flexibility index (Phi) is 14.6. The summed E-state index contributed by atoms with van der Waals surface area (Å²) in [6.07, 6.45) is 1.79. The minimum Gasteiger partial charge on any atom is -0.458 e. The minimum absolute atomic E-state index is 0.0158. The van der Waals surface area contributed by atoms with Gasteiger partial charge in [0.2, 0.25) is 11.8 Å².